The Morgan fingerprint density at radius 1 is 1.24 bits per heavy atom. The van der Waals surface area contributed by atoms with E-state index in [2.05, 4.69) is 4.98 Å². The van der Waals surface area contributed by atoms with Crippen LogP contribution < -0.4 is 4.74 Å². The molecular weight excluding hydrogens is 272 g/mol. The maximum absolute atomic E-state index is 11.6. The summed E-state index contributed by atoms with van der Waals surface area (Å²) >= 11 is 0. The third-order valence-electron chi connectivity index (χ3n) is 2.80. The molecule has 112 valence electrons. The third-order valence-corrected chi connectivity index (χ3v) is 2.80. The van der Waals surface area contributed by atoms with Crippen LogP contribution in [-0.2, 0) is 11.3 Å². The van der Waals surface area contributed by atoms with E-state index >= 15 is 0 Å². The van der Waals surface area contributed by atoms with E-state index in [9.17, 15) is 4.79 Å². The summed E-state index contributed by atoms with van der Waals surface area (Å²) in [5.74, 6) is 0.301. The second-order valence-electron chi connectivity index (χ2n) is 4.39. The highest BCUT2D eigenvalue weighted by molar-refractivity contribution is 5.89. The second-order valence-corrected chi connectivity index (χ2v) is 4.39. The standard InChI is InChI=1S/C15H18N2O4/c18-9-1-10-21-15(19)13-2-4-14(5-3-13)20-11-8-17-7-6-16-12-17/h2-7,12,18H,1,8-11H2. The highest BCUT2D eigenvalue weighted by Crippen LogP contribution is 2.13. The van der Waals surface area contributed by atoms with Crippen molar-refractivity contribution < 1.29 is 19.4 Å². The van der Waals surface area contributed by atoms with Crippen molar-refractivity contribution in [2.75, 3.05) is 19.8 Å². The van der Waals surface area contributed by atoms with Crippen LogP contribution in [0.1, 0.15) is 16.8 Å². The van der Waals surface area contributed by atoms with Crippen LogP contribution in [0.15, 0.2) is 43.0 Å². The number of carbonyl (C=O) groups excluding carboxylic acids is 1. The van der Waals surface area contributed by atoms with Crippen molar-refractivity contribution in [2.24, 2.45) is 0 Å². The van der Waals surface area contributed by atoms with Gasteiger partial charge in [0.25, 0.3) is 0 Å². The van der Waals surface area contributed by atoms with Crippen LogP contribution >= 0.6 is 0 Å². The number of hydrogen-bond acceptors (Lipinski definition) is 5. The third kappa shape index (κ3) is 4.92. The molecule has 0 radical (unpaired) electrons. The maximum Gasteiger partial charge on any atom is 0.338 e. The summed E-state index contributed by atoms with van der Waals surface area (Å²) in [6, 6.07) is 6.79. The molecule has 0 atom stereocenters. The van der Waals surface area contributed by atoms with Gasteiger partial charge in [0.2, 0.25) is 0 Å². The van der Waals surface area contributed by atoms with Crippen molar-refractivity contribution >= 4 is 5.97 Å². The number of esters is 1. The number of hydrogen-bond donors (Lipinski definition) is 1. The number of aliphatic hydroxyl groups is 1. The minimum atomic E-state index is -0.395. The Kier molecular flexibility index (Phi) is 5.78. The van der Waals surface area contributed by atoms with Gasteiger partial charge in [-0.1, -0.05) is 0 Å². The minimum Gasteiger partial charge on any atom is -0.492 e. The zero-order chi connectivity index (χ0) is 14.9. The zero-order valence-corrected chi connectivity index (χ0v) is 11.6. The molecule has 0 aliphatic rings. The fraction of sp³-hybridized carbons (Fsp3) is 0.333. The van der Waals surface area contributed by atoms with Crippen molar-refractivity contribution in [1.29, 1.82) is 0 Å². The first-order valence-electron chi connectivity index (χ1n) is 6.76. The molecule has 0 saturated heterocycles. The molecule has 0 bridgehead atoms. The predicted molar refractivity (Wildman–Crippen MR) is 76.1 cm³/mol. The average molecular weight is 290 g/mol. The predicted octanol–water partition coefficient (Wildman–Crippen LogP) is 1.50. The quantitative estimate of drug-likeness (QED) is 0.589. The van der Waals surface area contributed by atoms with Crippen molar-refractivity contribution in [1.82, 2.24) is 9.55 Å². The first-order valence-corrected chi connectivity index (χ1v) is 6.76. The summed E-state index contributed by atoms with van der Waals surface area (Å²) in [6.07, 6.45) is 5.77. The molecule has 2 aromatic rings. The Bertz CT molecular complexity index is 537. The van der Waals surface area contributed by atoms with E-state index in [-0.39, 0.29) is 13.2 Å². The van der Waals surface area contributed by atoms with Gasteiger partial charge in [0.05, 0.1) is 25.0 Å². The summed E-state index contributed by atoms with van der Waals surface area (Å²) in [5.41, 5.74) is 0.467. The van der Waals surface area contributed by atoms with Gasteiger partial charge in [-0.05, 0) is 24.3 Å². The molecule has 0 aliphatic heterocycles. The second kappa shape index (κ2) is 8.06. The van der Waals surface area contributed by atoms with Crippen LogP contribution in [0.2, 0.25) is 0 Å². The molecule has 6 nitrogen and oxygen atoms in total. The van der Waals surface area contributed by atoms with Crippen molar-refractivity contribution in [3.63, 3.8) is 0 Å². The highest BCUT2D eigenvalue weighted by atomic mass is 16.5. The summed E-state index contributed by atoms with van der Waals surface area (Å²) in [6.45, 7) is 1.47. The van der Waals surface area contributed by atoms with E-state index in [0.29, 0.717) is 30.9 Å². The van der Waals surface area contributed by atoms with Crippen LogP contribution in [0.5, 0.6) is 5.75 Å². The largest absolute Gasteiger partial charge is 0.492 e. The molecule has 6 heteroatoms. The van der Waals surface area contributed by atoms with Crippen LogP contribution in [0.25, 0.3) is 0 Å². The molecule has 0 amide bonds. The monoisotopic (exact) mass is 290 g/mol. The normalized spacial score (nSPS) is 10.3. The van der Waals surface area contributed by atoms with Gasteiger partial charge in [0.1, 0.15) is 12.4 Å². The number of imidazole rings is 1. The maximum atomic E-state index is 11.6. The number of benzene rings is 1. The lowest BCUT2D eigenvalue weighted by Crippen LogP contribution is -2.08. The number of nitrogens with zero attached hydrogens (tertiary/aromatic N) is 2. The molecule has 1 aromatic heterocycles. The topological polar surface area (TPSA) is 73.6 Å². The van der Waals surface area contributed by atoms with Crippen LogP contribution in [0.4, 0.5) is 0 Å². The molecule has 2 rings (SSSR count). The molecule has 0 saturated carbocycles. The Morgan fingerprint density at radius 3 is 2.71 bits per heavy atom. The molecule has 1 heterocycles. The van der Waals surface area contributed by atoms with Crippen LogP contribution in [0.3, 0.4) is 0 Å². The fourth-order valence-corrected chi connectivity index (χ4v) is 1.69. The zero-order valence-electron chi connectivity index (χ0n) is 11.6. The molecule has 0 spiro atoms. The van der Waals surface area contributed by atoms with Gasteiger partial charge < -0.3 is 19.1 Å². The van der Waals surface area contributed by atoms with Gasteiger partial charge in [0, 0.05) is 25.4 Å². The summed E-state index contributed by atoms with van der Waals surface area (Å²) in [7, 11) is 0. The smallest absolute Gasteiger partial charge is 0.338 e. The number of ether oxygens (including phenoxy) is 2. The summed E-state index contributed by atoms with van der Waals surface area (Å²) in [4.78, 5) is 15.6. The molecule has 1 aromatic carbocycles. The molecule has 1 N–H and O–H groups in total. The van der Waals surface area contributed by atoms with E-state index in [0.717, 1.165) is 0 Å². The van der Waals surface area contributed by atoms with Gasteiger partial charge in [0.15, 0.2) is 0 Å². The minimum absolute atomic E-state index is 0.0109. The molecular formula is C15H18N2O4. The van der Waals surface area contributed by atoms with E-state index in [1.807, 2.05) is 10.8 Å². The lowest BCUT2D eigenvalue weighted by atomic mass is 10.2. The Morgan fingerprint density at radius 2 is 2.05 bits per heavy atom. The molecule has 0 fully saturated rings. The van der Waals surface area contributed by atoms with E-state index in [4.69, 9.17) is 14.6 Å². The van der Waals surface area contributed by atoms with Gasteiger partial charge in [-0.15, -0.1) is 0 Å². The van der Waals surface area contributed by atoms with Crippen LogP contribution in [-0.4, -0.2) is 40.4 Å². The van der Waals surface area contributed by atoms with Gasteiger partial charge in [-0.3, -0.25) is 0 Å². The average Bonchev–Trinajstić information content (AvgIpc) is 3.01. The number of rotatable bonds is 8. The van der Waals surface area contributed by atoms with E-state index in [1.165, 1.54) is 0 Å². The van der Waals surface area contributed by atoms with Gasteiger partial charge in [-0.25, -0.2) is 9.78 Å². The lowest BCUT2D eigenvalue weighted by molar-refractivity contribution is 0.0482. The summed E-state index contributed by atoms with van der Waals surface area (Å²) < 4.78 is 12.5. The Balaban J connectivity index is 1.77. The number of carbonyl (C=O) groups is 1. The van der Waals surface area contributed by atoms with Gasteiger partial charge >= 0.3 is 5.97 Å². The highest BCUT2D eigenvalue weighted by Gasteiger charge is 2.06. The summed E-state index contributed by atoms with van der Waals surface area (Å²) in [5, 5.41) is 8.62. The van der Waals surface area contributed by atoms with Gasteiger partial charge in [-0.2, -0.15) is 0 Å². The van der Waals surface area contributed by atoms with E-state index < -0.39 is 5.97 Å². The fourth-order valence-electron chi connectivity index (χ4n) is 1.69. The van der Waals surface area contributed by atoms with Crippen LogP contribution in [0, 0.1) is 0 Å². The van der Waals surface area contributed by atoms with E-state index in [1.54, 1.807) is 36.8 Å². The first kappa shape index (κ1) is 15.1. The number of aliphatic hydroxyl groups excluding tert-OH is 1. The molecule has 21 heavy (non-hydrogen) atoms. The molecule has 0 aliphatic carbocycles. The molecule has 0 unspecified atom stereocenters. The SMILES string of the molecule is O=C(OCCCO)c1ccc(OCCn2ccnc2)cc1. The van der Waals surface area contributed by atoms with Crippen molar-refractivity contribution in [3.8, 4) is 5.75 Å². The number of aromatic nitrogens is 2. The Hall–Kier alpha value is -2.34. The Labute approximate surface area is 122 Å². The van der Waals surface area contributed by atoms with Crippen molar-refractivity contribution in [3.05, 3.63) is 48.5 Å². The first-order chi connectivity index (χ1) is 10.3. The lowest BCUT2D eigenvalue weighted by Gasteiger charge is -2.08. The van der Waals surface area contributed by atoms with Crippen molar-refractivity contribution in [2.45, 2.75) is 13.0 Å².